The number of rotatable bonds is 2. The van der Waals surface area contributed by atoms with Crippen LogP contribution in [0.3, 0.4) is 0 Å². The molecule has 0 atom stereocenters. The molecular weight excluding hydrogens is 246 g/mol. The molecule has 0 radical (unpaired) electrons. The summed E-state index contributed by atoms with van der Waals surface area (Å²) in [6, 6.07) is 8.00. The van der Waals surface area contributed by atoms with Gasteiger partial charge in [0.25, 0.3) is 0 Å². The van der Waals surface area contributed by atoms with E-state index in [0.29, 0.717) is 0 Å². The van der Waals surface area contributed by atoms with Crippen molar-refractivity contribution in [3.8, 4) is 0 Å². The smallest absolute Gasteiger partial charge is 0.130 e. The summed E-state index contributed by atoms with van der Waals surface area (Å²) in [5.74, 6) is 0.853. The largest absolute Gasteiger partial charge is 0.362 e. The Morgan fingerprint density at radius 2 is 2.10 bits per heavy atom. The summed E-state index contributed by atoms with van der Waals surface area (Å²) in [7, 11) is 0. The van der Waals surface area contributed by atoms with E-state index in [1.165, 1.54) is 22.3 Å². The number of aryl methyl sites for hydroxylation is 1. The van der Waals surface area contributed by atoms with Crippen molar-refractivity contribution in [3.05, 3.63) is 65.5 Å². The zero-order chi connectivity index (χ0) is 14.1. The standard InChI is InChI=1S/C17H17N3/c1-11-10-15(20-16-6-4-5-8-19-16)12(2)14-7-9-18-13(3)17(11)14/h4-10,18H,3H2,1-2H3,(H,19,20). The van der Waals surface area contributed by atoms with E-state index in [4.69, 9.17) is 0 Å². The van der Waals surface area contributed by atoms with E-state index in [9.17, 15) is 0 Å². The van der Waals surface area contributed by atoms with E-state index in [1.54, 1.807) is 6.20 Å². The molecule has 3 rings (SSSR count). The Morgan fingerprint density at radius 3 is 2.85 bits per heavy atom. The van der Waals surface area contributed by atoms with Gasteiger partial charge in [-0.2, -0.15) is 0 Å². The lowest BCUT2D eigenvalue weighted by molar-refractivity contribution is 1.17. The van der Waals surface area contributed by atoms with Gasteiger partial charge in [-0.05, 0) is 54.8 Å². The Labute approximate surface area is 119 Å². The Balaban J connectivity index is 2.09. The van der Waals surface area contributed by atoms with Gasteiger partial charge in [-0.15, -0.1) is 0 Å². The molecular formula is C17H17N3. The van der Waals surface area contributed by atoms with Gasteiger partial charge in [-0.1, -0.05) is 12.6 Å². The van der Waals surface area contributed by atoms with Crippen LogP contribution in [0.1, 0.15) is 22.3 Å². The fourth-order valence-corrected chi connectivity index (χ4v) is 2.55. The SMILES string of the molecule is C=C1NC=Cc2c(C)c(Nc3ccccn3)cc(C)c21. The van der Waals surface area contributed by atoms with E-state index in [2.05, 4.69) is 48.2 Å². The number of benzene rings is 1. The summed E-state index contributed by atoms with van der Waals surface area (Å²) in [6.07, 6.45) is 5.81. The molecule has 0 fully saturated rings. The first kappa shape index (κ1) is 12.5. The first-order valence-corrected chi connectivity index (χ1v) is 6.61. The molecule has 3 nitrogen and oxygen atoms in total. The van der Waals surface area contributed by atoms with E-state index in [0.717, 1.165) is 17.2 Å². The highest BCUT2D eigenvalue weighted by Crippen LogP contribution is 2.33. The second-order valence-corrected chi connectivity index (χ2v) is 4.95. The van der Waals surface area contributed by atoms with Gasteiger partial charge >= 0.3 is 0 Å². The molecule has 3 heteroatoms. The fraction of sp³-hybridized carbons (Fsp3) is 0.118. The maximum Gasteiger partial charge on any atom is 0.130 e. The third kappa shape index (κ3) is 2.07. The van der Waals surface area contributed by atoms with Crippen molar-refractivity contribution in [2.75, 3.05) is 5.32 Å². The zero-order valence-corrected chi connectivity index (χ0v) is 11.7. The van der Waals surface area contributed by atoms with Crippen LogP contribution in [-0.2, 0) is 0 Å². The highest BCUT2D eigenvalue weighted by molar-refractivity contribution is 5.84. The van der Waals surface area contributed by atoms with Gasteiger partial charge < -0.3 is 10.6 Å². The predicted octanol–water partition coefficient (Wildman–Crippen LogP) is 3.99. The third-order valence-corrected chi connectivity index (χ3v) is 3.57. The van der Waals surface area contributed by atoms with Crippen LogP contribution in [0, 0.1) is 13.8 Å². The molecule has 2 aromatic rings. The van der Waals surface area contributed by atoms with Gasteiger partial charge in [0.05, 0.1) is 0 Å². The minimum absolute atomic E-state index is 0.853. The summed E-state index contributed by atoms with van der Waals surface area (Å²) in [4.78, 5) is 4.31. The lowest BCUT2D eigenvalue weighted by atomic mass is 9.92. The van der Waals surface area contributed by atoms with Gasteiger partial charge in [-0.3, -0.25) is 0 Å². The van der Waals surface area contributed by atoms with Gasteiger partial charge in [-0.25, -0.2) is 4.98 Å². The molecule has 1 aromatic heterocycles. The first-order valence-electron chi connectivity index (χ1n) is 6.61. The molecule has 0 bridgehead atoms. The van der Waals surface area contributed by atoms with Crippen LogP contribution < -0.4 is 10.6 Å². The quantitative estimate of drug-likeness (QED) is 0.860. The van der Waals surface area contributed by atoms with Crippen LogP contribution in [0.5, 0.6) is 0 Å². The average Bonchev–Trinajstić information content (AvgIpc) is 2.45. The number of pyridine rings is 1. The fourth-order valence-electron chi connectivity index (χ4n) is 2.55. The lowest BCUT2D eigenvalue weighted by Crippen LogP contribution is -2.12. The van der Waals surface area contributed by atoms with Crippen molar-refractivity contribution >= 4 is 23.3 Å². The first-order chi connectivity index (χ1) is 9.66. The van der Waals surface area contributed by atoms with Gasteiger partial charge in [0.2, 0.25) is 0 Å². The minimum Gasteiger partial charge on any atom is -0.362 e. The molecule has 1 aromatic carbocycles. The predicted molar refractivity (Wildman–Crippen MR) is 84.6 cm³/mol. The molecule has 0 unspecified atom stereocenters. The van der Waals surface area contributed by atoms with Crippen LogP contribution >= 0.6 is 0 Å². The summed E-state index contributed by atoms with van der Waals surface area (Å²) < 4.78 is 0. The van der Waals surface area contributed by atoms with Gasteiger partial charge in [0.15, 0.2) is 0 Å². The summed E-state index contributed by atoms with van der Waals surface area (Å²) >= 11 is 0. The number of hydrogen-bond donors (Lipinski definition) is 2. The summed E-state index contributed by atoms with van der Waals surface area (Å²) in [5.41, 5.74) is 6.84. The van der Waals surface area contributed by atoms with Crippen molar-refractivity contribution in [1.29, 1.82) is 0 Å². The monoisotopic (exact) mass is 263 g/mol. The van der Waals surface area contributed by atoms with Crippen molar-refractivity contribution in [1.82, 2.24) is 10.3 Å². The number of nitrogens with one attached hydrogen (secondary N) is 2. The Morgan fingerprint density at radius 1 is 1.25 bits per heavy atom. The van der Waals surface area contributed by atoms with Crippen LogP contribution in [0.4, 0.5) is 11.5 Å². The molecule has 20 heavy (non-hydrogen) atoms. The molecule has 0 saturated carbocycles. The van der Waals surface area contributed by atoms with Crippen molar-refractivity contribution in [3.63, 3.8) is 0 Å². The molecule has 1 aliphatic heterocycles. The summed E-state index contributed by atoms with van der Waals surface area (Å²) in [5, 5.41) is 6.55. The van der Waals surface area contributed by atoms with E-state index in [1.807, 2.05) is 24.4 Å². The highest BCUT2D eigenvalue weighted by atomic mass is 15.0. The van der Waals surface area contributed by atoms with Crippen LogP contribution in [0.2, 0.25) is 0 Å². The zero-order valence-electron chi connectivity index (χ0n) is 11.7. The van der Waals surface area contributed by atoms with Crippen molar-refractivity contribution in [2.24, 2.45) is 0 Å². The second-order valence-electron chi connectivity index (χ2n) is 4.95. The topological polar surface area (TPSA) is 37.0 Å². The molecule has 2 N–H and O–H groups in total. The van der Waals surface area contributed by atoms with E-state index >= 15 is 0 Å². The van der Waals surface area contributed by atoms with Gasteiger partial charge in [0.1, 0.15) is 5.82 Å². The second kappa shape index (κ2) is 4.85. The maximum atomic E-state index is 4.31. The van der Waals surface area contributed by atoms with Crippen molar-refractivity contribution < 1.29 is 0 Å². The summed E-state index contributed by atoms with van der Waals surface area (Å²) in [6.45, 7) is 8.30. The number of aromatic nitrogens is 1. The normalized spacial score (nSPS) is 12.8. The molecule has 1 aliphatic rings. The molecule has 0 saturated heterocycles. The Hall–Kier alpha value is -2.55. The van der Waals surface area contributed by atoms with Crippen LogP contribution in [0.15, 0.2) is 43.2 Å². The lowest BCUT2D eigenvalue weighted by Gasteiger charge is -2.22. The number of hydrogen-bond acceptors (Lipinski definition) is 3. The number of fused-ring (bicyclic) bond motifs is 1. The average molecular weight is 263 g/mol. The molecule has 0 spiro atoms. The van der Waals surface area contributed by atoms with E-state index < -0.39 is 0 Å². The van der Waals surface area contributed by atoms with Crippen molar-refractivity contribution in [2.45, 2.75) is 13.8 Å². The van der Waals surface area contributed by atoms with E-state index in [-0.39, 0.29) is 0 Å². The van der Waals surface area contributed by atoms with Gasteiger partial charge in [0, 0.05) is 29.3 Å². The van der Waals surface area contributed by atoms with Crippen LogP contribution in [0.25, 0.3) is 11.8 Å². The molecule has 0 aliphatic carbocycles. The molecule has 100 valence electrons. The maximum absolute atomic E-state index is 4.31. The molecule has 2 heterocycles. The highest BCUT2D eigenvalue weighted by Gasteiger charge is 2.16. The minimum atomic E-state index is 0.853. The third-order valence-electron chi connectivity index (χ3n) is 3.57. The number of anilines is 2. The Bertz CT molecular complexity index is 700. The molecule has 0 amide bonds. The number of nitrogens with zero attached hydrogens (tertiary/aromatic N) is 1. The van der Waals surface area contributed by atoms with Crippen LogP contribution in [-0.4, -0.2) is 4.98 Å². The Kier molecular flexibility index (Phi) is 3.03.